The molecule has 62 heavy (non-hydrogen) atoms. The fourth-order valence-corrected chi connectivity index (χ4v) is 10.4. The summed E-state index contributed by atoms with van der Waals surface area (Å²) in [6, 6.07) is 66.5. The molecule has 0 spiro atoms. The van der Waals surface area contributed by atoms with Gasteiger partial charge in [0, 0.05) is 71.3 Å². The summed E-state index contributed by atoms with van der Waals surface area (Å²) in [5.74, 6) is 0. The van der Waals surface area contributed by atoms with Gasteiger partial charge in [0.15, 0.2) is 0 Å². The second kappa shape index (κ2) is 13.0. The highest BCUT2D eigenvalue weighted by Gasteiger charge is 2.24. The summed E-state index contributed by atoms with van der Waals surface area (Å²) in [4.78, 5) is 0. The van der Waals surface area contributed by atoms with Crippen molar-refractivity contribution in [3.8, 4) is 11.4 Å². The number of hydrogen-bond acceptors (Lipinski definition) is 0. The van der Waals surface area contributed by atoms with Gasteiger partial charge in [0.05, 0.1) is 44.1 Å². The standard InChI is InChI=1S/C58H40N4/c1-3-58(2)33-32-40(61-54-26-14-8-20-46(54)48-35-38(28-30-56(48)61)59-50-22-10-4-16-42(50)43-17-5-11-23-51(43)59)34-41(37-58)62-55-27-15-9-21-47(55)49-36-39(29-31-57(49)62)60-52-24-12-6-18-44(52)45-19-7-13-25-53(45)60/h3-37H,1H2,2H3. The van der Waals surface area contributed by atoms with E-state index in [1.807, 2.05) is 0 Å². The predicted molar refractivity (Wildman–Crippen MR) is 264 cm³/mol. The molecule has 0 saturated heterocycles. The molecule has 0 radical (unpaired) electrons. The number of allylic oxidation sites excluding steroid dienone is 7. The first-order valence-corrected chi connectivity index (χ1v) is 21.4. The van der Waals surface area contributed by atoms with Crippen molar-refractivity contribution in [1.82, 2.24) is 18.3 Å². The molecular formula is C58H40N4. The Morgan fingerprint density at radius 1 is 0.371 bits per heavy atom. The van der Waals surface area contributed by atoms with Crippen LogP contribution in [0.3, 0.4) is 0 Å². The van der Waals surface area contributed by atoms with Crippen LogP contribution in [-0.2, 0) is 0 Å². The van der Waals surface area contributed by atoms with Gasteiger partial charge in [0.2, 0.25) is 0 Å². The third kappa shape index (κ3) is 4.89. The zero-order chi connectivity index (χ0) is 41.1. The highest BCUT2D eigenvalue weighted by molar-refractivity contribution is 6.15. The third-order valence-corrected chi connectivity index (χ3v) is 13.3. The Balaban J connectivity index is 1.03. The van der Waals surface area contributed by atoms with Crippen molar-refractivity contribution in [2.45, 2.75) is 6.92 Å². The highest BCUT2D eigenvalue weighted by Crippen LogP contribution is 2.42. The molecule has 8 aromatic carbocycles. The summed E-state index contributed by atoms with van der Waals surface area (Å²) < 4.78 is 9.70. The number of nitrogens with zero attached hydrogens (tertiary/aromatic N) is 4. The lowest BCUT2D eigenvalue weighted by atomic mass is 9.90. The zero-order valence-electron chi connectivity index (χ0n) is 34.2. The van der Waals surface area contributed by atoms with Crippen molar-refractivity contribution in [2.24, 2.45) is 5.41 Å². The van der Waals surface area contributed by atoms with Crippen LogP contribution in [0.1, 0.15) is 6.92 Å². The Hall–Kier alpha value is -8.08. The van der Waals surface area contributed by atoms with E-state index in [4.69, 9.17) is 0 Å². The summed E-state index contributed by atoms with van der Waals surface area (Å²) in [7, 11) is 0. The van der Waals surface area contributed by atoms with Gasteiger partial charge in [-0.2, -0.15) is 0 Å². The minimum atomic E-state index is -0.406. The molecule has 4 nitrogen and oxygen atoms in total. The van der Waals surface area contributed by atoms with Gasteiger partial charge in [-0.3, -0.25) is 0 Å². The molecule has 0 fully saturated rings. The molecule has 1 aliphatic rings. The first kappa shape index (κ1) is 34.8. The molecule has 4 aromatic heterocycles. The van der Waals surface area contributed by atoms with Crippen molar-refractivity contribution >= 4 is 98.6 Å². The monoisotopic (exact) mass is 792 g/mol. The molecule has 1 unspecified atom stereocenters. The molecule has 0 N–H and O–H groups in total. The van der Waals surface area contributed by atoms with Crippen LogP contribution in [0.15, 0.2) is 219 Å². The number of aromatic nitrogens is 4. The van der Waals surface area contributed by atoms with Crippen molar-refractivity contribution in [3.05, 3.63) is 219 Å². The van der Waals surface area contributed by atoms with E-state index in [-0.39, 0.29) is 0 Å². The van der Waals surface area contributed by atoms with Gasteiger partial charge in [0.25, 0.3) is 0 Å². The largest absolute Gasteiger partial charge is 0.309 e. The second-order valence-corrected chi connectivity index (χ2v) is 16.9. The van der Waals surface area contributed by atoms with Crippen molar-refractivity contribution in [2.75, 3.05) is 0 Å². The van der Waals surface area contributed by atoms with E-state index in [0.29, 0.717) is 0 Å². The number of benzene rings is 8. The molecule has 1 atom stereocenters. The van der Waals surface area contributed by atoms with Crippen molar-refractivity contribution < 1.29 is 0 Å². The van der Waals surface area contributed by atoms with Crippen LogP contribution >= 0.6 is 0 Å². The predicted octanol–water partition coefficient (Wildman–Crippen LogP) is 15.2. The van der Waals surface area contributed by atoms with Gasteiger partial charge in [-0.05, 0) is 97.9 Å². The Morgan fingerprint density at radius 2 is 0.694 bits per heavy atom. The van der Waals surface area contributed by atoms with E-state index in [1.54, 1.807) is 0 Å². The molecule has 0 amide bonds. The summed E-state index contributed by atoms with van der Waals surface area (Å²) in [5, 5.41) is 9.90. The first-order valence-electron chi connectivity index (χ1n) is 21.4. The lowest BCUT2D eigenvalue weighted by Gasteiger charge is -2.18. The van der Waals surface area contributed by atoms with Crippen molar-refractivity contribution in [1.29, 1.82) is 0 Å². The second-order valence-electron chi connectivity index (χ2n) is 16.9. The number of hydrogen-bond donors (Lipinski definition) is 0. The van der Waals surface area contributed by atoms with E-state index in [9.17, 15) is 0 Å². The summed E-state index contributed by atoms with van der Waals surface area (Å²) in [6.07, 6.45) is 11.4. The number of rotatable bonds is 5. The van der Waals surface area contributed by atoms with Gasteiger partial charge < -0.3 is 18.3 Å². The first-order chi connectivity index (χ1) is 30.6. The molecule has 0 aliphatic heterocycles. The van der Waals surface area contributed by atoms with Gasteiger partial charge in [-0.1, -0.05) is 121 Å². The Labute approximate surface area is 358 Å². The van der Waals surface area contributed by atoms with Crippen LogP contribution in [0.2, 0.25) is 0 Å². The molecule has 13 rings (SSSR count). The fourth-order valence-electron chi connectivity index (χ4n) is 10.4. The van der Waals surface area contributed by atoms with Gasteiger partial charge in [-0.15, -0.1) is 6.58 Å². The van der Waals surface area contributed by atoms with Crippen LogP contribution < -0.4 is 0 Å². The van der Waals surface area contributed by atoms with Crippen LogP contribution in [0.25, 0.3) is 110 Å². The molecule has 12 aromatic rings. The van der Waals surface area contributed by atoms with E-state index < -0.39 is 5.41 Å². The minimum Gasteiger partial charge on any atom is -0.309 e. The summed E-state index contributed by atoms with van der Waals surface area (Å²) in [6.45, 7) is 6.59. The van der Waals surface area contributed by atoms with Gasteiger partial charge in [-0.25, -0.2) is 0 Å². The average Bonchev–Trinajstić information content (AvgIpc) is 4.01. The number of para-hydroxylation sites is 6. The maximum absolute atomic E-state index is 4.35. The fraction of sp³-hybridized carbons (Fsp3) is 0.0345. The van der Waals surface area contributed by atoms with E-state index >= 15 is 0 Å². The quantitative estimate of drug-likeness (QED) is 0.155. The van der Waals surface area contributed by atoms with Crippen LogP contribution in [0, 0.1) is 5.41 Å². The Morgan fingerprint density at radius 3 is 1.08 bits per heavy atom. The maximum atomic E-state index is 4.35. The molecule has 0 saturated carbocycles. The van der Waals surface area contributed by atoms with Crippen LogP contribution in [-0.4, -0.2) is 18.3 Å². The molecule has 292 valence electrons. The van der Waals surface area contributed by atoms with Crippen LogP contribution in [0.5, 0.6) is 0 Å². The van der Waals surface area contributed by atoms with Crippen molar-refractivity contribution in [3.63, 3.8) is 0 Å². The summed E-state index contributed by atoms with van der Waals surface area (Å²) >= 11 is 0. The zero-order valence-corrected chi connectivity index (χ0v) is 34.2. The summed E-state index contributed by atoms with van der Waals surface area (Å²) in [5.41, 5.74) is 13.5. The molecule has 4 heterocycles. The maximum Gasteiger partial charge on any atom is 0.0542 e. The van der Waals surface area contributed by atoms with E-state index in [1.165, 1.54) is 65.2 Å². The van der Waals surface area contributed by atoms with Gasteiger partial charge >= 0.3 is 0 Å². The lowest BCUT2D eigenvalue weighted by Crippen LogP contribution is -2.06. The third-order valence-electron chi connectivity index (χ3n) is 13.3. The molecule has 1 aliphatic carbocycles. The highest BCUT2D eigenvalue weighted by atomic mass is 15.0. The van der Waals surface area contributed by atoms with E-state index in [0.717, 1.165) is 44.8 Å². The molecule has 0 bridgehead atoms. The smallest absolute Gasteiger partial charge is 0.0542 e. The molecular weight excluding hydrogens is 753 g/mol. The normalized spacial score (nSPS) is 15.8. The lowest BCUT2D eigenvalue weighted by molar-refractivity contribution is 0.719. The Kier molecular flexibility index (Phi) is 7.26. The van der Waals surface area contributed by atoms with Crippen LogP contribution in [0.4, 0.5) is 0 Å². The Bertz CT molecular complexity index is 3860. The molecule has 4 heteroatoms. The SMILES string of the molecule is C=CC1(C)C=CC(n2c3ccccc3c3cc(-n4c5ccccc5c5ccccc54)ccc32)=CC(n2c3ccccc3c3cc(-n4c5ccccc5c5ccccc54)ccc32)=C1. The van der Waals surface area contributed by atoms with E-state index in [2.05, 4.69) is 244 Å². The topological polar surface area (TPSA) is 19.7 Å². The van der Waals surface area contributed by atoms with Gasteiger partial charge in [0.1, 0.15) is 0 Å². The number of fused-ring (bicyclic) bond motifs is 12. The minimum absolute atomic E-state index is 0.406. The average molecular weight is 793 g/mol.